The van der Waals surface area contributed by atoms with Crippen LogP contribution in [0.1, 0.15) is 42.3 Å². The number of nitrogens with zero attached hydrogens (tertiary/aromatic N) is 2. The molecule has 1 aliphatic heterocycles. The highest BCUT2D eigenvalue weighted by Crippen LogP contribution is 2.49. The summed E-state index contributed by atoms with van der Waals surface area (Å²) >= 11 is 1.64. The first-order valence-corrected chi connectivity index (χ1v) is 7.38. The summed E-state index contributed by atoms with van der Waals surface area (Å²) in [6.45, 7) is 2.21. The van der Waals surface area contributed by atoms with Gasteiger partial charge in [-0.2, -0.15) is 0 Å². The van der Waals surface area contributed by atoms with E-state index >= 15 is 0 Å². The number of aliphatic carboxylic acids is 1. The van der Waals surface area contributed by atoms with Gasteiger partial charge in [-0.1, -0.05) is 0 Å². The van der Waals surface area contributed by atoms with Crippen LogP contribution < -0.4 is 0 Å². The molecule has 2 fully saturated rings. The Morgan fingerprint density at radius 1 is 1.61 bits per heavy atom. The van der Waals surface area contributed by atoms with Gasteiger partial charge in [0.05, 0.1) is 10.7 Å². The van der Waals surface area contributed by atoms with Gasteiger partial charge in [0.25, 0.3) is 0 Å². The number of hydrogen-bond acceptors (Lipinski definition) is 4. The second kappa shape index (κ2) is 4.31. The van der Waals surface area contributed by atoms with Crippen molar-refractivity contribution >= 4 is 17.3 Å². The Morgan fingerprint density at radius 2 is 2.39 bits per heavy atom. The normalized spacial score (nSPS) is 27.1. The quantitative estimate of drug-likeness (QED) is 0.910. The van der Waals surface area contributed by atoms with Crippen LogP contribution in [0.2, 0.25) is 0 Å². The third-order valence-corrected chi connectivity index (χ3v) is 5.15. The summed E-state index contributed by atoms with van der Waals surface area (Å²) in [5.74, 6) is -0.216. The number of thiazole rings is 1. The zero-order chi connectivity index (χ0) is 12.8. The van der Waals surface area contributed by atoms with E-state index < -0.39 is 11.4 Å². The van der Waals surface area contributed by atoms with Crippen molar-refractivity contribution in [3.8, 4) is 0 Å². The van der Waals surface area contributed by atoms with Crippen LogP contribution in [0, 0.1) is 0 Å². The molecule has 1 N–H and O–H groups in total. The number of likely N-dealkylation sites (N-methyl/N-ethyl adjacent to an activating group) is 1. The molecular formula is C13H18N2O2S. The summed E-state index contributed by atoms with van der Waals surface area (Å²) in [6, 6.07) is 0. The first-order chi connectivity index (χ1) is 8.62. The predicted molar refractivity (Wildman–Crippen MR) is 70.1 cm³/mol. The highest BCUT2D eigenvalue weighted by Gasteiger charge is 2.53. The minimum atomic E-state index is -0.708. The monoisotopic (exact) mass is 266 g/mol. The number of piperidine rings is 1. The summed E-state index contributed by atoms with van der Waals surface area (Å²) in [5, 5.41) is 12.4. The molecule has 1 unspecified atom stereocenters. The highest BCUT2D eigenvalue weighted by atomic mass is 32.1. The van der Waals surface area contributed by atoms with E-state index in [1.165, 1.54) is 12.8 Å². The van der Waals surface area contributed by atoms with Crippen molar-refractivity contribution < 1.29 is 9.90 Å². The van der Waals surface area contributed by atoms with Gasteiger partial charge >= 0.3 is 5.97 Å². The molecule has 0 spiro atoms. The van der Waals surface area contributed by atoms with E-state index in [2.05, 4.69) is 16.9 Å². The Hall–Kier alpha value is -0.940. The van der Waals surface area contributed by atoms with Gasteiger partial charge in [0.2, 0.25) is 0 Å². The third kappa shape index (κ3) is 1.95. The van der Waals surface area contributed by atoms with Crippen molar-refractivity contribution in [3.05, 3.63) is 16.1 Å². The number of carboxylic acid groups (broad SMARTS) is 1. The molecule has 98 valence electrons. The van der Waals surface area contributed by atoms with E-state index in [-0.39, 0.29) is 0 Å². The topological polar surface area (TPSA) is 53.4 Å². The average Bonchev–Trinajstić information content (AvgIpc) is 3.01. The molecule has 18 heavy (non-hydrogen) atoms. The second-order valence-corrected chi connectivity index (χ2v) is 6.45. The number of hydrogen-bond donors (Lipinski definition) is 1. The third-order valence-electron chi connectivity index (χ3n) is 4.15. The van der Waals surface area contributed by atoms with Gasteiger partial charge in [0.15, 0.2) is 0 Å². The predicted octanol–water partition coefficient (Wildman–Crippen LogP) is 2.07. The van der Waals surface area contributed by atoms with E-state index in [0.29, 0.717) is 5.92 Å². The fourth-order valence-corrected chi connectivity index (χ4v) is 3.81. The van der Waals surface area contributed by atoms with Crippen LogP contribution in [0.5, 0.6) is 0 Å². The lowest BCUT2D eigenvalue weighted by molar-refractivity contribution is -0.140. The summed E-state index contributed by atoms with van der Waals surface area (Å²) in [6.07, 6.45) is 3.88. The number of likely N-dealkylation sites (tertiary alicyclic amines) is 1. The molecule has 0 aromatic carbocycles. The second-order valence-electron chi connectivity index (χ2n) is 5.56. The minimum absolute atomic E-state index is 0.493. The molecular weight excluding hydrogens is 248 g/mol. The molecule has 0 amide bonds. The van der Waals surface area contributed by atoms with Gasteiger partial charge in [-0.15, -0.1) is 11.3 Å². The SMILES string of the molecule is CN1CCCC(c2nc(C3(C(=O)O)CC3)cs2)C1. The molecule has 2 heterocycles. The van der Waals surface area contributed by atoms with Crippen LogP contribution in [0.3, 0.4) is 0 Å². The lowest BCUT2D eigenvalue weighted by atomic mass is 9.99. The Morgan fingerprint density at radius 3 is 3.00 bits per heavy atom. The first kappa shape index (κ1) is 12.1. The number of rotatable bonds is 3. The van der Waals surface area contributed by atoms with Gasteiger partial charge in [-0.25, -0.2) is 4.98 Å². The van der Waals surface area contributed by atoms with Crippen LogP contribution >= 0.6 is 11.3 Å². The van der Waals surface area contributed by atoms with Crippen LogP contribution in [0.4, 0.5) is 0 Å². The van der Waals surface area contributed by atoms with E-state index in [0.717, 1.165) is 36.6 Å². The molecule has 1 aliphatic carbocycles. The molecule has 1 saturated heterocycles. The summed E-state index contributed by atoms with van der Waals surface area (Å²) in [5.41, 5.74) is 0.151. The van der Waals surface area contributed by atoms with Crippen LogP contribution in [0.25, 0.3) is 0 Å². The van der Waals surface area contributed by atoms with Gasteiger partial charge < -0.3 is 10.0 Å². The highest BCUT2D eigenvalue weighted by molar-refractivity contribution is 7.09. The summed E-state index contributed by atoms with van der Waals surface area (Å²) in [4.78, 5) is 18.2. The fourth-order valence-electron chi connectivity index (χ4n) is 2.77. The minimum Gasteiger partial charge on any atom is -0.481 e. The first-order valence-electron chi connectivity index (χ1n) is 6.50. The lowest BCUT2D eigenvalue weighted by Gasteiger charge is -2.28. The van der Waals surface area contributed by atoms with Gasteiger partial charge in [0.1, 0.15) is 5.41 Å². The van der Waals surface area contributed by atoms with Crippen molar-refractivity contribution in [2.45, 2.75) is 37.0 Å². The maximum atomic E-state index is 11.3. The van der Waals surface area contributed by atoms with Crippen LogP contribution in [-0.4, -0.2) is 41.1 Å². The smallest absolute Gasteiger partial charge is 0.315 e. The molecule has 4 nitrogen and oxygen atoms in total. The van der Waals surface area contributed by atoms with Crippen molar-refractivity contribution in [2.75, 3.05) is 20.1 Å². The van der Waals surface area contributed by atoms with E-state index in [9.17, 15) is 9.90 Å². The molecule has 0 radical (unpaired) electrons. The zero-order valence-electron chi connectivity index (χ0n) is 10.6. The number of carboxylic acids is 1. The molecule has 2 aliphatic rings. The van der Waals surface area contributed by atoms with Gasteiger partial charge in [0, 0.05) is 17.8 Å². The van der Waals surface area contributed by atoms with E-state index in [1.54, 1.807) is 11.3 Å². The van der Waals surface area contributed by atoms with Crippen molar-refractivity contribution in [1.82, 2.24) is 9.88 Å². The molecule has 5 heteroatoms. The van der Waals surface area contributed by atoms with Crippen LogP contribution in [-0.2, 0) is 10.2 Å². The van der Waals surface area contributed by atoms with Crippen molar-refractivity contribution in [3.63, 3.8) is 0 Å². The Balaban J connectivity index is 1.79. The number of aromatic nitrogens is 1. The standard InChI is InChI=1S/C13H18N2O2S/c1-15-6-2-3-9(7-15)11-14-10(8-18-11)13(4-5-13)12(16)17/h8-9H,2-7H2,1H3,(H,16,17). The number of carbonyl (C=O) groups is 1. The molecule has 0 bridgehead atoms. The maximum absolute atomic E-state index is 11.3. The largest absolute Gasteiger partial charge is 0.481 e. The van der Waals surface area contributed by atoms with Gasteiger partial charge in [-0.3, -0.25) is 4.79 Å². The van der Waals surface area contributed by atoms with Gasteiger partial charge in [-0.05, 0) is 39.3 Å². The van der Waals surface area contributed by atoms with E-state index in [4.69, 9.17) is 0 Å². The molecule has 1 atom stereocenters. The Labute approximate surface area is 111 Å². The van der Waals surface area contributed by atoms with Crippen molar-refractivity contribution in [1.29, 1.82) is 0 Å². The Bertz CT molecular complexity index is 467. The molecule has 3 rings (SSSR count). The molecule has 1 aromatic rings. The molecule has 1 saturated carbocycles. The lowest BCUT2D eigenvalue weighted by Crippen LogP contribution is -2.30. The van der Waals surface area contributed by atoms with Crippen LogP contribution in [0.15, 0.2) is 5.38 Å². The molecule has 1 aromatic heterocycles. The maximum Gasteiger partial charge on any atom is 0.315 e. The summed E-state index contributed by atoms with van der Waals surface area (Å²) in [7, 11) is 2.14. The summed E-state index contributed by atoms with van der Waals surface area (Å²) < 4.78 is 0. The average molecular weight is 266 g/mol. The Kier molecular flexibility index (Phi) is 2.90. The zero-order valence-corrected chi connectivity index (χ0v) is 11.4. The van der Waals surface area contributed by atoms with Crippen molar-refractivity contribution in [2.24, 2.45) is 0 Å². The van der Waals surface area contributed by atoms with E-state index in [1.807, 2.05) is 5.38 Å². The fraction of sp³-hybridized carbons (Fsp3) is 0.692.